The summed E-state index contributed by atoms with van der Waals surface area (Å²) in [6.45, 7) is 3.99. The molecule has 3 aromatic rings. The molecule has 2 aromatic heterocycles. The first-order valence-corrected chi connectivity index (χ1v) is 8.68. The number of hydrogen-bond acceptors (Lipinski definition) is 5. The maximum Gasteiger partial charge on any atom is 0.337 e. The zero-order valence-corrected chi connectivity index (χ0v) is 14.4. The number of aromatic amines is 1. The second-order valence-electron chi connectivity index (χ2n) is 5.52. The summed E-state index contributed by atoms with van der Waals surface area (Å²) >= 11 is 0. The number of carbonyl (C=O) groups is 1. The number of ether oxygens (including phenoxy) is 1. The van der Waals surface area contributed by atoms with Crippen LogP contribution in [0.5, 0.6) is 0 Å². The van der Waals surface area contributed by atoms with Crippen molar-refractivity contribution in [1.82, 2.24) is 15.0 Å². The van der Waals surface area contributed by atoms with Crippen LogP contribution in [-0.2, 0) is 21.3 Å². The highest BCUT2D eigenvalue weighted by molar-refractivity contribution is 7.84. The number of fused-ring (bicyclic) bond motifs is 1. The van der Waals surface area contributed by atoms with Gasteiger partial charge in [-0.25, -0.2) is 9.78 Å². The number of carbonyl (C=O) groups excluding carboxylic acids is 1. The highest BCUT2D eigenvalue weighted by Gasteiger charge is 2.14. The van der Waals surface area contributed by atoms with Crippen LogP contribution >= 0.6 is 0 Å². The molecule has 24 heavy (non-hydrogen) atoms. The number of rotatable bonds is 4. The molecule has 0 spiro atoms. The molecular formula is C17H17N3O3S. The Hall–Kier alpha value is -2.54. The molecule has 124 valence electrons. The predicted octanol–water partition coefficient (Wildman–Crippen LogP) is 2.67. The number of pyridine rings is 1. The maximum absolute atomic E-state index is 12.5. The Morgan fingerprint density at radius 1 is 1.25 bits per heavy atom. The highest BCUT2D eigenvalue weighted by Crippen LogP contribution is 2.18. The monoisotopic (exact) mass is 343 g/mol. The van der Waals surface area contributed by atoms with Crippen LogP contribution in [0.15, 0.2) is 35.6 Å². The summed E-state index contributed by atoms with van der Waals surface area (Å²) in [7, 11) is -0.0165. The average Bonchev–Trinajstić information content (AvgIpc) is 3.00. The first-order valence-electron chi connectivity index (χ1n) is 7.36. The number of aromatic nitrogens is 3. The fraction of sp³-hybridized carbons (Fsp3) is 0.235. The van der Waals surface area contributed by atoms with Gasteiger partial charge in [0, 0.05) is 6.20 Å². The molecule has 0 aliphatic rings. The van der Waals surface area contributed by atoms with Gasteiger partial charge < -0.3 is 9.72 Å². The highest BCUT2D eigenvalue weighted by atomic mass is 32.2. The van der Waals surface area contributed by atoms with E-state index in [2.05, 4.69) is 15.0 Å². The molecule has 0 saturated heterocycles. The number of nitrogens with one attached hydrogen (secondary N) is 1. The molecule has 0 radical (unpaired) electrons. The zero-order valence-electron chi connectivity index (χ0n) is 13.6. The lowest BCUT2D eigenvalue weighted by Crippen LogP contribution is -2.01. The van der Waals surface area contributed by atoms with Gasteiger partial charge in [0.1, 0.15) is 0 Å². The van der Waals surface area contributed by atoms with E-state index in [0.29, 0.717) is 21.8 Å². The average molecular weight is 343 g/mol. The molecule has 7 heteroatoms. The quantitative estimate of drug-likeness (QED) is 0.736. The van der Waals surface area contributed by atoms with E-state index in [9.17, 15) is 9.00 Å². The minimum Gasteiger partial charge on any atom is -0.465 e. The Morgan fingerprint density at radius 3 is 2.75 bits per heavy atom. The van der Waals surface area contributed by atoms with E-state index >= 15 is 0 Å². The summed E-state index contributed by atoms with van der Waals surface area (Å²) in [5.74, 6) is -0.140. The third-order valence-electron chi connectivity index (χ3n) is 3.81. The van der Waals surface area contributed by atoms with Crippen molar-refractivity contribution in [1.29, 1.82) is 0 Å². The second kappa shape index (κ2) is 6.52. The number of benzene rings is 1. The minimum atomic E-state index is -1.35. The molecule has 1 unspecified atom stereocenters. The number of esters is 1. The van der Waals surface area contributed by atoms with E-state index in [1.165, 1.54) is 7.11 Å². The predicted molar refractivity (Wildman–Crippen MR) is 91.3 cm³/mol. The number of hydrogen-bond donors (Lipinski definition) is 1. The van der Waals surface area contributed by atoms with Gasteiger partial charge in [0.15, 0.2) is 5.16 Å². The summed E-state index contributed by atoms with van der Waals surface area (Å²) in [4.78, 5) is 23.2. The molecule has 1 aromatic carbocycles. The van der Waals surface area contributed by atoms with Crippen molar-refractivity contribution in [3.63, 3.8) is 0 Å². The van der Waals surface area contributed by atoms with Crippen LogP contribution in [-0.4, -0.2) is 32.2 Å². The van der Waals surface area contributed by atoms with Crippen LogP contribution in [0.3, 0.4) is 0 Å². The smallest absolute Gasteiger partial charge is 0.337 e. The standard InChI is InChI=1S/C17H17N3O3S/c1-10-6-13(18-8-11(10)2)9-24(22)17-19-14-5-4-12(16(21)23-3)7-15(14)20-17/h4-8H,9H2,1-3H3,(H,19,20). The third-order valence-corrected chi connectivity index (χ3v) is 4.99. The molecule has 0 bridgehead atoms. The topological polar surface area (TPSA) is 84.9 Å². The van der Waals surface area contributed by atoms with Crippen LogP contribution in [0.25, 0.3) is 11.0 Å². The number of methoxy groups -OCH3 is 1. The van der Waals surface area contributed by atoms with Crippen molar-refractivity contribution in [3.8, 4) is 0 Å². The van der Waals surface area contributed by atoms with Gasteiger partial charge in [-0.3, -0.25) is 9.19 Å². The number of imidazole rings is 1. The first kappa shape index (κ1) is 16.3. The Balaban J connectivity index is 1.86. The van der Waals surface area contributed by atoms with Crippen molar-refractivity contribution in [3.05, 3.63) is 52.8 Å². The van der Waals surface area contributed by atoms with Gasteiger partial charge in [-0.2, -0.15) is 0 Å². The number of aryl methyl sites for hydroxylation is 2. The fourth-order valence-corrected chi connectivity index (χ4v) is 3.29. The molecule has 0 saturated carbocycles. The molecule has 1 N–H and O–H groups in total. The largest absolute Gasteiger partial charge is 0.465 e. The number of nitrogens with zero attached hydrogens (tertiary/aromatic N) is 2. The van der Waals surface area contributed by atoms with Gasteiger partial charge in [0.25, 0.3) is 0 Å². The molecular weight excluding hydrogens is 326 g/mol. The Kier molecular flexibility index (Phi) is 4.44. The van der Waals surface area contributed by atoms with Crippen molar-refractivity contribution < 1.29 is 13.7 Å². The van der Waals surface area contributed by atoms with Gasteiger partial charge in [-0.1, -0.05) is 0 Å². The van der Waals surface area contributed by atoms with E-state index < -0.39 is 16.8 Å². The first-order chi connectivity index (χ1) is 11.5. The van der Waals surface area contributed by atoms with Crippen LogP contribution in [0.2, 0.25) is 0 Å². The molecule has 3 rings (SSSR count). The van der Waals surface area contributed by atoms with Gasteiger partial charge >= 0.3 is 5.97 Å². The molecule has 6 nitrogen and oxygen atoms in total. The maximum atomic E-state index is 12.5. The van der Waals surface area contributed by atoms with Gasteiger partial charge in [-0.15, -0.1) is 0 Å². The van der Waals surface area contributed by atoms with Gasteiger partial charge in [0.05, 0.1) is 46.0 Å². The molecule has 0 fully saturated rings. The Labute approximate surface area is 141 Å². The summed E-state index contributed by atoms with van der Waals surface area (Å²) in [5, 5.41) is 0.368. The molecule has 0 aliphatic carbocycles. The molecule has 1 atom stereocenters. The Morgan fingerprint density at radius 2 is 2.04 bits per heavy atom. The summed E-state index contributed by atoms with van der Waals surface area (Å²) in [5.41, 5.74) is 4.69. The van der Waals surface area contributed by atoms with Crippen LogP contribution < -0.4 is 0 Å². The lowest BCUT2D eigenvalue weighted by Gasteiger charge is -2.03. The molecule has 0 aliphatic heterocycles. The normalized spacial score (nSPS) is 12.3. The van der Waals surface area contributed by atoms with E-state index in [4.69, 9.17) is 4.74 Å². The summed E-state index contributed by atoms with van der Waals surface area (Å²) in [6, 6.07) is 6.91. The summed E-state index contributed by atoms with van der Waals surface area (Å²) in [6.07, 6.45) is 1.78. The van der Waals surface area contributed by atoms with Crippen molar-refractivity contribution in [2.45, 2.75) is 24.8 Å². The van der Waals surface area contributed by atoms with Crippen molar-refractivity contribution in [2.75, 3.05) is 7.11 Å². The number of H-pyrrole nitrogens is 1. The van der Waals surface area contributed by atoms with Crippen LogP contribution in [0, 0.1) is 13.8 Å². The zero-order chi connectivity index (χ0) is 17.3. The molecule has 0 amide bonds. The molecule has 2 heterocycles. The fourth-order valence-electron chi connectivity index (χ4n) is 2.30. The van der Waals surface area contributed by atoms with Crippen molar-refractivity contribution in [2.24, 2.45) is 0 Å². The second-order valence-corrected chi connectivity index (χ2v) is 6.88. The van der Waals surface area contributed by atoms with Gasteiger partial charge in [-0.05, 0) is 49.2 Å². The Bertz CT molecular complexity index is 949. The van der Waals surface area contributed by atoms with E-state index in [1.54, 1.807) is 24.4 Å². The van der Waals surface area contributed by atoms with Crippen LogP contribution in [0.4, 0.5) is 0 Å². The summed E-state index contributed by atoms with van der Waals surface area (Å²) < 4.78 is 17.2. The van der Waals surface area contributed by atoms with E-state index in [1.807, 2.05) is 19.9 Å². The minimum absolute atomic E-state index is 0.283. The SMILES string of the molecule is COC(=O)c1ccc2nc(S(=O)Cc3cc(C)c(C)cn3)[nH]c2c1. The lowest BCUT2D eigenvalue weighted by atomic mass is 10.2. The van der Waals surface area contributed by atoms with Gasteiger partial charge in [0.2, 0.25) is 0 Å². The van der Waals surface area contributed by atoms with E-state index in [-0.39, 0.29) is 5.75 Å². The lowest BCUT2D eigenvalue weighted by molar-refractivity contribution is 0.0601. The van der Waals surface area contributed by atoms with Crippen LogP contribution in [0.1, 0.15) is 27.2 Å². The van der Waals surface area contributed by atoms with E-state index in [0.717, 1.165) is 16.8 Å². The van der Waals surface area contributed by atoms with Crippen molar-refractivity contribution >= 4 is 27.8 Å². The third kappa shape index (κ3) is 3.21.